The fourth-order valence-electron chi connectivity index (χ4n) is 2.01. The van der Waals surface area contributed by atoms with Crippen LogP contribution >= 0.6 is 0 Å². The Hall–Kier alpha value is -2.61. The lowest BCUT2D eigenvalue weighted by Crippen LogP contribution is -2.38. The molecule has 0 saturated carbocycles. The third-order valence-corrected chi connectivity index (χ3v) is 3.08. The molecule has 0 saturated heterocycles. The molecule has 0 aromatic heterocycles. The van der Waals surface area contributed by atoms with Crippen LogP contribution in [0.25, 0.3) is 0 Å². The van der Waals surface area contributed by atoms with Crippen LogP contribution in [0.1, 0.15) is 0 Å². The number of nitrogens with zero attached hydrogens (tertiary/aromatic N) is 1. The van der Waals surface area contributed by atoms with Crippen molar-refractivity contribution >= 4 is 17.6 Å². The minimum Gasteiger partial charge on any atom is -0.505 e. The maximum atomic E-state index is 13.5. The van der Waals surface area contributed by atoms with Gasteiger partial charge in [0.2, 0.25) is 0 Å². The number of hydrogen-bond donors (Lipinski definition) is 1. The van der Waals surface area contributed by atoms with Gasteiger partial charge in [-0.1, -0.05) is 0 Å². The van der Waals surface area contributed by atoms with Gasteiger partial charge in [-0.25, -0.2) is 14.0 Å². The molecule has 2 rings (SSSR count). The number of phenolic OH excluding ortho intramolecular Hbond substituents is 1. The van der Waals surface area contributed by atoms with Crippen LogP contribution in [0, 0.1) is 5.82 Å². The Morgan fingerprint density at radius 2 is 1.95 bits per heavy atom. The highest BCUT2D eigenvalue weighted by atomic mass is 19.1. The molecule has 0 amide bonds. The molecule has 0 unspecified atom stereocenters. The fraction of sp³-hybridized carbons (Fsp3) is 0.286. The predicted octanol–water partition coefficient (Wildman–Crippen LogP) is 0.925. The Kier molecular flexibility index (Phi) is 4.62. The average molecular weight is 311 g/mol. The van der Waals surface area contributed by atoms with Crippen LogP contribution in [0.3, 0.4) is 0 Å². The Morgan fingerprint density at radius 1 is 1.27 bits per heavy atom. The molecule has 0 bridgehead atoms. The summed E-state index contributed by atoms with van der Waals surface area (Å²) in [7, 11) is 2.33. The van der Waals surface area contributed by atoms with E-state index in [1.54, 1.807) is 0 Å². The summed E-state index contributed by atoms with van der Waals surface area (Å²) < 4.78 is 28.1. The van der Waals surface area contributed by atoms with Crippen LogP contribution in [0.5, 0.6) is 5.75 Å². The van der Waals surface area contributed by atoms with Crippen LogP contribution in [0.2, 0.25) is 0 Å². The normalized spacial score (nSPS) is 14.8. The fourth-order valence-corrected chi connectivity index (χ4v) is 2.01. The summed E-state index contributed by atoms with van der Waals surface area (Å²) in [6, 6.07) is 3.53. The quantitative estimate of drug-likeness (QED) is 0.831. The van der Waals surface area contributed by atoms with Gasteiger partial charge in [0.1, 0.15) is 12.4 Å². The van der Waals surface area contributed by atoms with E-state index in [4.69, 9.17) is 4.74 Å². The van der Waals surface area contributed by atoms with Gasteiger partial charge in [0.05, 0.1) is 26.4 Å². The first kappa shape index (κ1) is 15.8. The molecule has 0 fully saturated rings. The van der Waals surface area contributed by atoms with E-state index in [0.29, 0.717) is 0 Å². The van der Waals surface area contributed by atoms with E-state index in [1.165, 1.54) is 18.1 Å². The van der Waals surface area contributed by atoms with Crippen molar-refractivity contribution in [3.05, 3.63) is 35.3 Å². The van der Waals surface area contributed by atoms with Crippen LogP contribution in [0.4, 0.5) is 10.1 Å². The summed E-state index contributed by atoms with van der Waals surface area (Å²) >= 11 is 0. The third kappa shape index (κ3) is 2.86. The molecular weight excluding hydrogens is 297 g/mol. The molecule has 8 heteroatoms. The first-order chi connectivity index (χ1) is 10.5. The second-order valence-corrected chi connectivity index (χ2v) is 4.35. The van der Waals surface area contributed by atoms with E-state index in [9.17, 15) is 19.1 Å². The molecule has 1 aliphatic heterocycles. The molecule has 0 aliphatic carbocycles. The van der Waals surface area contributed by atoms with Crippen LogP contribution < -0.4 is 4.90 Å². The molecule has 1 aromatic rings. The van der Waals surface area contributed by atoms with Crippen LogP contribution in [0.15, 0.2) is 29.5 Å². The Labute approximate surface area is 125 Å². The summed E-state index contributed by atoms with van der Waals surface area (Å²) in [6.45, 7) is -0.219. The minimum atomic E-state index is -0.869. The van der Waals surface area contributed by atoms with Gasteiger partial charge in [0.15, 0.2) is 11.6 Å². The lowest BCUT2D eigenvalue weighted by molar-refractivity contribution is -0.140. The van der Waals surface area contributed by atoms with E-state index in [-0.39, 0.29) is 30.3 Å². The monoisotopic (exact) mass is 311 g/mol. The van der Waals surface area contributed by atoms with Gasteiger partial charge in [-0.05, 0) is 12.1 Å². The summed E-state index contributed by atoms with van der Waals surface area (Å²) in [6.07, 6.45) is 0. The lowest BCUT2D eigenvalue weighted by Gasteiger charge is -2.31. The summed E-state index contributed by atoms with van der Waals surface area (Å²) in [4.78, 5) is 25.1. The first-order valence-corrected chi connectivity index (χ1v) is 6.23. The lowest BCUT2D eigenvalue weighted by atomic mass is 10.1. The Morgan fingerprint density at radius 3 is 2.55 bits per heavy atom. The smallest absolute Gasteiger partial charge is 0.355 e. The molecule has 0 spiro atoms. The van der Waals surface area contributed by atoms with Crippen LogP contribution in [-0.2, 0) is 23.8 Å². The van der Waals surface area contributed by atoms with Gasteiger partial charge in [-0.3, -0.25) is 0 Å². The molecule has 118 valence electrons. The number of hydrogen-bond acceptors (Lipinski definition) is 7. The highest BCUT2D eigenvalue weighted by Gasteiger charge is 2.32. The number of esters is 2. The molecule has 1 aliphatic rings. The number of rotatable bonds is 3. The summed E-state index contributed by atoms with van der Waals surface area (Å²) in [5.41, 5.74) is 0.0941. The van der Waals surface area contributed by atoms with Gasteiger partial charge < -0.3 is 24.2 Å². The third-order valence-electron chi connectivity index (χ3n) is 3.08. The van der Waals surface area contributed by atoms with Crippen molar-refractivity contribution in [3.8, 4) is 5.75 Å². The van der Waals surface area contributed by atoms with Crippen molar-refractivity contribution < 1.29 is 33.3 Å². The molecule has 1 heterocycles. The second kappa shape index (κ2) is 6.44. The van der Waals surface area contributed by atoms with Gasteiger partial charge in [0.25, 0.3) is 0 Å². The van der Waals surface area contributed by atoms with Crippen molar-refractivity contribution in [1.82, 2.24) is 0 Å². The zero-order chi connectivity index (χ0) is 16.3. The molecule has 1 N–H and O–H groups in total. The first-order valence-electron chi connectivity index (χ1n) is 6.23. The topological polar surface area (TPSA) is 85.3 Å². The molecule has 0 radical (unpaired) electrons. The van der Waals surface area contributed by atoms with Gasteiger partial charge in [0, 0.05) is 11.8 Å². The number of carbonyl (C=O) groups is 2. The van der Waals surface area contributed by atoms with Crippen molar-refractivity contribution in [1.29, 1.82) is 0 Å². The van der Waals surface area contributed by atoms with Crippen molar-refractivity contribution in [2.24, 2.45) is 0 Å². The maximum absolute atomic E-state index is 13.5. The average Bonchev–Trinajstić information content (AvgIpc) is 2.55. The number of methoxy groups -OCH3 is 2. The summed E-state index contributed by atoms with van der Waals surface area (Å²) in [5.74, 6) is -2.92. The van der Waals surface area contributed by atoms with Gasteiger partial charge >= 0.3 is 11.9 Å². The van der Waals surface area contributed by atoms with E-state index in [1.807, 2.05) is 0 Å². The number of carbonyl (C=O) groups excluding carboxylic acids is 2. The van der Waals surface area contributed by atoms with Crippen LogP contribution in [-0.4, -0.2) is 44.6 Å². The molecular formula is C14H14FNO6. The maximum Gasteiger partial charge on any atom is 0.355 e. The van der Waals surface area contributed by atoms with E-state index in [0.717, 1.165) is 19.2 Å². The second-order valence-electron chi connectivity index (χ2n) is 4.35. The Bertz CT molecular complexity index is 642. The number of anilines is 1. The van der Waals surface area contributed by atoms with E-state index < -0.39 is 23.5 Å². The number of benzene rings is 1. The predicted molar refractivity (Wildman–Crippen MR) is 72.4 cm³/mol. The zero-order valence-electron chi connectivity index (χ0n) is 12.0. The van der Waals surface area contributed by atoms with Gasteiger partial charge in [-0.2, -0.15) is 0 Å². The van der Waals surface area contributed by atoms with Gasteiger partial charge in [-0.15, -0.1) is 0 Å². The Balaban J connectivity index is 2.54. The SMILES string of the molecule is COC(=O)C1=C(C(=O)OC)N(c2ccc(O)c(F)c2)COC1. The van der Waals surface area contributed by atoms with E-state index in [2.05, 4.69) is 9.47 Å². The van der Waals surface area contributed by atoms with Crippen molar-refractivity contribution in [2.75, 3.05) is 32.5 Å². The molecule has 0 atom stereocenters. The van der Waals surface area contributed by atoms with Crippen molar-refractivity contribution in [2.45, 2.75) is 0 Å². The number of halogens is 1. The largest absolute Gasteiger partial charge is 0.505 e. The number of aromatic hydroxyl groups is 1. The van der Waals surface area contributed by atoms with E-state index >= 15 is 0 Å². The molecule has 7 nitrogen and oxygen atoms in total. The molecule has 1 aromatic carbocycles. The standard InChI is InChI=1S/C14H14FNO6/c1-20-13(18)9-6-22-7-16(12(9)14(19)21-2)8-3-4-11(17)10(15)5-8/h3-5,17H,6-7H2,1-2H3. The van der Waals surface area contributed by atoms with Crippen molar-refractivity contribution in [3.63, 3.8) is 0 Å². The number of ether oxygens (including phenoxy) is 3. The summed E-state index contributed by atoms with van der Waals surface area (Å²) in [5, 5.41) is 9.24. The highest BCUT2D eigenvalue weighted by Crippen LogP contribution is 2.29. The molecule has 22 heavy (non-hydrogen) atoms. The zero-order valence-corrected chi connectivity index (χ0v) is 12.0. The highest BCUT2D eigenvalue weighted by molar-refractivity contribution is 6.03. The number of phenols is 1. The minimum absolute atomic E-state index is 0.0333.